The van der Waals surface area contributed by atoms with Gasteiger partial charge in [-0.2, -0.15) is 0 Å². The molecule has 2 aromatic carbocycles. The summed E-state index contributed by atoms with van der Waals surface area (Å²) in [6.45, 7) is 9.80. The van der Waals surface area contributed by atoms with Gasteiger partial charge < -0.3 is 14.8 Å². The van der Waals surface area contributed by atoms with Crippen molar-refractivity contribution < 1.29 is 13.9 Å². The van der Waals surface area contributed by atoms with Gasteiger partial charge in [0.05, 0.1) is 6.61 Å². The topological polar surface area (TPSA) is 43.4 Å². The van der Waals surface area contributed by atoms with Crippen LogP contribution in [0, 0.1) is 11.2 Å². The van der Waals surface area contributed by atoms with Crippen LogP contribution in [0.25, 0.3) is 0 Å². The number of anilines is 1. The molecule has 6 heteroatoms. The monoisotopic (exact) mass is 520 g/mol. The van der Waals surface area contributed by atoms with Crippen LogP contribution in [0.15, 0.2) is 85.1 Å². The number of pyridine rings is 1. The first-order chi connectivity index (χ1) is 18.0. The largest absolute Gasteiger partial charge is 0.493 e. The van der Waals surface area contributed by atoms with Gasteiger partial charge in [0, 0.05) is 35.1 Å². The fraction of sp³-hybridized carbons (Fsp3) is 0.323. The number of nitrogens with one attached hydrogen (secondary N) is 1. The van der Waals surface area contributed by atoms with E-state index in [9.17, 15) is 4.39 Å². The highest BCUT2D eigenvalue weighted by Crippen LogP contribution is 2.30. The first-order valence-electron chi connectivity index (χ1n) is 12.8. The first-order valence-corrected chi connectivity index (χ1v) is 14.3. The lowest BCUT2D eigenvalue weighted by Crippen LogP contribution is -2.22. The van der Waals surface area contributed by atoms with E-state index in [2.05, 4.69) is 49.0 Å². The summed E-state index contributed by atoms with van der Waals surface area (Å²) in [6, 6.07) is 16.6. The van der Waals surface area contributed by atoms with Crippen molar-refractivity contribution in [1.29, 1.82) is 0 Å². The van der Waals surface area contributed by atoms with Gasteiger partial charge in [-0.15, -0.1) is 0 Å². The summed E-state index contributed by atoms with van der Waals surface area (Å²) < 4.78 is 26.5. The molecule has 1 heterocycles. The Kier molecular flexibility index (Phi) is 11.2. The van der Waals surface area contributed by atoms with E-state index in [1.165, 1.54) is 11.4 Å². The second kappa shape index (κ2) is 14.5. The first kappa shape index (κ1) is 28.4. The minimum Gasteiger partial charge on any atom is -0.493 e. The summed E-state index contributed by atoms with van der Waals surface area (Å²) in [5.74, 6) is 1.97. The Morgan fingerprint density at radius 2 is 1.84 bits per heavy atom. The van der Waals surface area contributed by atoms with E-state index in [-0.39, 0.29) is 17.8 Å². The fourth-order valence-electron chi connectivity index (χ4n) is 4.03. The van der Waals surface area contributed by atoms with Gasteiger partial charge in [-0.25, -0.2) is 9.37 Å². The molecule has 0 aliphatic carbocycles. The molecule has 0 aliphatic heterocycles. The highest BCUT2D eigenvalue weighted by Gasteiger charge is 2.21. The number of aromatic nitrogens is 1. The number of halogens is 1. The minimum absolute atomic E-state index is 0.0956. The number of ether oxygens (including phenoxy) is 2. The maximum Gasteiger partial charge on any atom is 0.133 e. The standard InChI is InChI=1S/C31H38FN2O2P/c1-5-7-10-16-31(3,15-6-2)23-36-27-19-24(21-34-30-29(37-4)14-11-17-33-30)18-26(20-27)35-22-25-12-8-9-13-28(25)32/h5,7-14,16-20,37H,6,15,21-23H2,1-4H3,(H,33,34)/b7-5-,16-10-. The molecule has 0 spiro atoms. The van der Waals surface area contributed by atoms with Crippen molar-refractivity contribution >= 4 is 19.7 Å². The Morgan fingerprint density at radius 1 is 1.05 bits per heavy atom. The van der Waals surface area contributed by atoms with Crippen molar-refractivity contribution in [2.75, 3.05) is 18.6 Å². The fourth-order valence-corrected chi connectivity index (χ4v) is 4.68. The summed E-state index contributed by atoms with van der Waals surface area (Å²) in [5, 5.41) is 4.64. The van der Waals surface area contributed by atoms with Gasteiger partial charge in [-0.1, -0.05) is 71.4 Å². The van der Waals surface area contributed by atoms with Crippen molar-refractivity contribution in [3.8, 4) is 11.5 Å². The van der Waals surface area contributed by atoms with Crippen molar-refractivity contribution in [1.82, 2.24) is 4.98 Å². The third-order valence-electron chi connectivity index (χ3n) is 6.02. The number of allylic oxidation sites excluding steroid dienone is 3. The van der Waals surface area contributed by atoms with E-state index in [4.69, 9.17) is 9.47 Å². The Morgan fingerprint density at radius 3 is 2.57 bits per heavy atom. The van der Waals surface area contributed by atoms with E-state index in [0.717, 1.165) is 30.0 Å². The SMILES string of the molecule is C/C=C\C=C/C(C)(CCC)COc1cc(CNc2ncccc2PC)cc(OCc2ccccc2F)c1. The quantitative estimate of drug-likeness (QED) is 0.175. The Balaban J connectivity index is 1.81. The van der Waals surface area contributed by atoms with Crippen LogP contribution in [-0.2, 0) is 13.2 Å². The molecule has 0 saturated heterocycles. The third-order valence-corrected chi connectivity index (χ3v) is 6.96. The Labute approximate surface area is 222 Å². The number of rotatable bonds is 14. The predicted molar refractivity (Wildman–Crippen MR) is 155 cm³/mol. The number of hydrogen-bond donors (Lipinski definition) is 1. The number of hydrogen-bond acceptors (Lipinski definition) is 4. The molecule has 2 unspecified atom stereocenters. The Bertz CT molecular complexity index is 1200. The van der Waals surface area contributed by atoms with Crippen LogP contribution in [0.3, 0.4) is 0 Å². The average Bonchev–Trinajstić information content (AvgIpc) is 2.91. The summed E-state index contributed by atoms with van der Waals surface area (Å²) in [6.07, 6.45) is 12.2. The molecule has 1 aromatic heterocycles. The maximum absolute atomic E-state index is 14.2. The van der Waals surface area contributed by atoms with Crippen LogP contribution in [0.4, 0.5) is 10.2 Å². The molecule has 0 bridgehead atoms. The third kappa shape index (κ3) is 9.02. The summed E-state index contributed by atoms with van der Waals surface area (Å²) in [4.78, 5) is 4.50. The zero-order chi connectivity index (χ0) is 26.5. The molecule has 2 atom stereocenters. The maximum atomic E-state index is 14.2. The lowest BCUT2D eigenvalue weighted by molar-refractivity contribution is 0.193. The van der Waals surface area contributed by atoms with Crippen LogP contribution in [0.1, 0.15) is 44.7 Å². The molecule has 0 fully saturated rings. The van der Waals surface area contributed by atoms with E-state index in [1.807, 2.05) is 49.4 Å². The Hall–Kier alpha value is -3.17. The van der Waals surface area contributed by atoms with Crippen LogP contribution in [-0.4, -0.2) is 18.3 Å². The molecule has 0 amide bonds. The van der Waals surface area contributed by atoms with E-state index in [0.29, 0.717) is 33.0 Å². The van der Waals surface area contributed by atoms with E-state index < -0.39 is 0 Å². The van der Waals surface area contributed by atoms with Gasteiger partial charge in [0.1, 0.15) is 29.7 Å². The zero-order valence-electron chi connectivity index (χ0n) is 22.3. The normalized spacial score (nSPS) is 13.4. The van der Waals surface area contributed by atoms with Crippen molar-refractivity contribution in [2.24, 2.45) is 5.41 Å². The summed E-state index contributed by atoms with van der Waals surface area (Å²) in [7, 11) is 0.646. The number of nitrogens with zero attached hydrogens (tertiary/aromatic N) is 1. The van der Waals surface area contributed by atoms with Gasteiger partial charge in [0.25, 0.3) is 0 Å². The lowest BCUT2D eigenvalue weighted by Gasteiger charge is -2.26. The van der Waals surface area contributed by atoms with Crippen molar-refractivity contribution in [3.05, 3.63) is 102 Å². The zero-order valence-corrected chi connectivity index (χ0v) is 23.3. The molecule has 4 nitrogen and oxygen atoms in total. The highest BCUT2D eigenvalue weighted by molar-refractivity contribution is 7.46. The second-order valence-electron chi connectivity index (χ2n) is 9.27. The van der Waals surface area contributed by atoms with E-state index >= 15 is 0 Å². The van der Waals surface area contributed by atoms with Gasteiger partial charge in [-0.3, -0.25) is 0 Å². The van der Waals surface area contributed by atoms with Gasteiger partial charge in [0.2, 0.25) is 0 Å². The van der Waals surface area contributed by atoms with Gasteiger partial charge in [-0.05, 0) is 55.9 Å². The molecule has 3 aromatic rings. The van der Waals surface area contributed by atoms with Crippen molar-refractivity contribution in [3.63, 3.8) is 0 Å². The van der Waals surface area contributed by atoms with Crippen LogP contribution in [0.5, 0.6) is 11.5 Å². The van der Waals surface area contributed by atoms with Gasteiger partial charge >= 0.3 is 0 Å². The second-order valence-corrected chi connectivity index (χ2v) is 10.3. The predicted octanol–water partition coefficient (Wildman–Crippen LogP) is 7.66. The molecule has 196 valence electrons. The smallest absolute Gasteiger partial charge is 0.133 e. The molecule has 37 heavy (non-hydrogen) atoms. The summed E-state index contributed by atoms with van der Waals surface area (Å²) >= 11 is 0. The highest BCUT2D eigenvalue weighted by atomic mass is 31.1. The van der Waals surface area contributed by atoms with Crippen molar-refractivity contribution in [2.45, 2.75) is 46.8 Å². The molecular weight excluding hydrogens is 482 g/mol. The summed E-state index contributed by atoms with van der Waals surface area (Å²) in [5.41, 5.74) is 1.42. The molecule has 0 saturated carbocycles. The van der Waals surface area contributed by atoms with Crippen LogP contribution < -0.4 is 20.1 Å². The molecular formula is C31H38FN2O2P. The lowest BCUT2D eigenvalue weighted by atomic mass is 9.86. The van der Waals surface area contributed by atoms with Crippen LogP contribution >= 0.6 is 8.58 Å². The van der Waals surface area contributed by atoms with Crippen LogP contribution in [0.2, 0.25) is 0 Å². The molecule has 0 aliphatic rings. The number of benzene rings is 2. The van der Waals surface area contributed by atoms with E-state index in [1.54, 1.807) is 18.3 Å². The van der Waals surface area contributed by atoms with Gasteiger partial charge in [0.15, 0.2) is 0 Å². The molecule has 3 rings (SSSR count). The molecule has 0 radical (unpaired) electrons. The molecule has 1 N–H and O–H groups in total. The average molecular weight is 521 g/mol. The minimum atomic E-state index is -0.275.